The fraction of sp³-hybridized carbons (Fsp3) is 0.533. The van der Waals surface area contributed by atoms with Crippen molar-refractivity contribution in [2.24, 2.45) is 0 Å². The molecule has 1 N–H and O–H groups in total. The maximum absolute atomic E-state index is 11.9. The zero-order valence-corrected chi connectivity index (χ0v) is 10.7. The van der Waals surface area contributed by atoms with Crippen LogP contribution in [-0.4, -0.2) is 17.7 Å². The van der Waals surface area contributed by atoms with Crippen LogP contribution in [0.15, 0.2) is 24.2 Å². The van der Waals surface area contributed by atoms with E-state index in [1.807, 2.05) is 0 Å². The van der Waals surface area contributed by atoms with Gasteiger partial charge in [-0.15, -0.1) is 0 Å². The molecule has 0 amide bonds. The van der Waals surface area contributed by atoms with Gasteiger partial charge in [0.2, 0.25) is 0 Å². The minimum absolute atomic E-state index is 0.186. The number of hydrogen-bond donors (Lipinski definition) is 1. The zero-order valence-electron chi connectivity index (χ0n) is 14.7. The fourth-order valence-electron chi connectivity index (χ4n) is 1.53. The summed E-state index contributed by atoms with van der Waals surface area (Å²) in [6, 6.07) is -2.42. The lowest BCUT2D eigenvalue weighted by atomic mass is 10.1. The van der Waals surface area contributed by atoms with Crippen molar-refractivity contribution < 1.29 is 20.1 Å². The van der Waals surface area contributed by atoms with E-state index in [1.54, 1.807) is 0 Å². The van der Waals surface area contributed by atoms with E-state index in [1.165, 1.54) is 12.8 Å². The summed E-state index contributed by atoms with van der Waals surface area (Å²) < 4.78 is 35.3. The highest BCUT2D eigenvalue weighted by molar-refractivity contribution is 5.89. The first-order valence-electron chi connectivity index (χ1n) is 8.38. The molecule has 0 unspecified atom stereocenters. The monoisotopic (exact) mass is 254 g/mol. The van der Waals surface area contributed by atoms with E-state index < -0.39 is 41.5 Å². The number of esters is 1. The van der Waals surface area contributed by atoms with E-state index in [4.69, 9.17) is 10.2 Å². The van der Waals surface area contributed by atoms with Gasteiger partial charge in [0.15, 0.2) is 0 Å². The van der Waals surface area contributed by atoms with Crippen molar-refractivity contribution >= 4 is 5.97 Å². The molecule has 0 aliphatic carbocycles. The molecule has 3 nitrogen and oxygen atoms in total. The molecule has 0 aromatic heterocycles. The van der Waals surface area contributed by atoms with Gasteiger partial charge in [0.05, 0.1) is 17.7 Å². The van der Waals surface area contributed by atoms with Crippen molar-refractivity contribution in [3.63, 3.8) is 0 Å². The number of benzene rings is 1. The molecule has 0 radical (unpaired) electrons. The third kappa shape index (κ3) is 5.71. The maximum atomic E-state index is 11.9. The summed E-state index contributed by atoms with van der Waals surface area (Å²) in [6.07, 6.45) is 6.23. The lowest BCUT2D eigenvalue weighted by Crippen LogP contribution is -2.06. The Balaban J connectivity index is 2.60. The number of phenolic OH excluding ortho intramolecular Hbond substituents is 1. The van der Waals surface area contributed by atoms with Gasteiger partial charge in [-0.25, -0.2) is 4.79 Å². The molecule has 0 aliphatic heterocycles. The van der Waals surface area contributed by atoms with Crippen LogP contribution in [0.1, 0.15) is 61.3 Å². The summed E-state index contributed by atoms with van der Waals surface area (Å²) in [4.78, 5) is 11.9. The summed E-state index contributed by atoms with van der Waals surface area (Å²) in [7, 11) is 0. The van der Waals surface area contributed by atoms with Crippen molar-refractivity contribution in [3.8, 4) is 5.75 Å². The molecule has 3 heteroatoms. The highest BCUT2D eigenvalue weighted by Crippen LogP contribution is 2.11. The average Bonchev–Trinajstić information content (AvgIpc) is 2.50. The Bertz CT molecular complexity index is 503. The molecule has 0 saturated heterocycles. The van der Waals surface area contributed by atoms with E-state index in [2.05, 4.69) is 6.92 Å². The predicted octanol–water partition coefficient (Wildman–Crippen LogP) is 3.91. The number of carbonyl (C=O) groups excluding carboxylic acids is 1. The lowest BCUT2D eigenvalue weighted by molar-refractivity contribution is 0.0497. The number of ether oxygens (including phenoxy) is 1. The first-order valence-corrected chi connectivity index (χ1v) is 6.38. The highest BCUT2D eigenvalue weighted by Gasteiger charge is 2.05. The van der Waals surface area contributed by atoms with Gasteiger partial charge in [0.25, 0.3) is 0 Å². The molecule has 18 heavy (non-hydrogen) atoms. The van der Waals surface area contributed by atoms with Gasteiger partial charge in [-0.3, -0.25) is 0 Å². The SMILES string of the molecule is [2H]c1c([2H])c(C(=O)OCCCCCCCC)c([2H])c([2H])c1O. The number of carbonyl (C=O) groups is 1. The van der Waals surface area contributed by atoms with Crippen LogP contribution in [-0.2, 0) is 4.74 Å². The summed E-state index contributed by atoms with van der Waals surface area (Å²) in [5.41, 5.74) is -0.432. The van der Waals surface area contributed by atoms with Gasteiger partial charge in [-0.1, -0.05) is 39.0 Å². The third-order valence-electron chi connectivity index (χ3n) is 2.55. The molecule has 1 rings (SSSR count). The predicted molar refractivity (Wildman–Crippen MR) is 71.8 cm³/mol. The molecule has 100 valence electrons. The van der Waals surface area contributed by atoms with Gasteiger partial charge in [0.1, 0.15) is 5.75 Å². The van der Waals surface area contributed by atoms with Gasteiger partial charge in [0, 0.05) is 0 Å². The minimum atomic E-state index is -0.884. The Morgan fingerprint density at radius 2 is 1.78 bits per heavy atom. The summed E-state index contributed by atoms with van der Waals surface area (Å²) >= 11 is 0. The smallest absolute Gasteiger partial charge is 0.338 e. The Morgan fingerprint density at radius 1 is 1.17 bits per heavy atom. The molecular weight excluding hydrogens is 228 g/mol. The second-order valence-corrected chi connectivity index (χ2v) is 4.13. The first kappa shape index (κ1) is 9.42. The van der Waals surface area contributed by atoms with Gasteiger partial charge < -0.3 is 9.84 Å². The van der Waals surface area contributed by atoms with Gasteiger partial charge >= 0.3 is 5.97 Å². The van der Waals surface area contributed by atoms with Crippen molar-refractivity contribution in [3.05, 3.63) is 29.7 Å². The van der Waals surface area contributed by atoms with Crippen molar-refractivity contribution in [2.75, 3.05) is 6.61 Å². The normalized spacial score (nSPS) is 13.4. The van der Waals surface area contributed by atoms with Crippen molar-refractivity contribution in [2.45, 2.75) is 45.4 Å². The van der Waals surface area contributed by atoms with E-state index >= 15 is 0 Å². The van der Waals surface area contributed by atoms with E-state index in [9.17, 15) is 9.90 Å². The summed E-state index contributed by atoms with van der Waals surface area (Å²) in [5, 5.41) is 9.42. The molecule has 0 atom stereocenters. The Hall–Kier alpha value is -1.51. The van der Waals surface area contributed by atoms with Crippen molar-refractivity contribution in [1.29, 1.82) is 0 Å². The van der Waals surface area contributed by atoms with Crippen LogP contribution >= 0.6 is 0 Å². The Kier molecular flexibility index (Phi) is 4.48. The lowest BCUT2D eigenvalue weighted by Gasteiger charge is -2.05. The molecule has 0 heterocycles. The number of aromatic hydroxyl groups is 1. The summed E-state index contributed by atoms with van der Waals surface area (Å²) in [6.45, 7) is 2.32. The standard InChI is InChI=1S/C15H22O3/c1-2-3-4-5-6-7-12-18-15(17)13-8-10-14(16)11-9-13/h8-11,16H,2-7,12H2,1H3/i8D,9D,10D,11D. The number of hydrogen-bond acceptors (Lipinski definition) is 3. The van der Waals surface area contributed by atoms with Gasteiger partial charge in [-0.2, -0.15) is 0 Å². The van der Waals surface area contributed by atoms with E-state index in [0.29, 0.717) is 6.42 Å². The molecule has 0 aliphatic rings. The topological polar surface area (TPSA) is 46.5 Å². The second kappa shape index (κ2) is 8.56. The molecule has 0 spiro atoms. The van der Waals surface area contributed by atoms with Crippen LogP contribution in [0, 0.1) is 0 Å². The molecule has 0 bridgehead atoms. The zero-order chi connectivity index (χ0) is 16.7. The van der Waals surface area contributed by atoms with Crippen LogP contribution in [0.2, 0.25) is 0 Å². The molecule has 0 saturated carbocycles. The molecule has 0 fully saturated rings. The largest absolute Gasteiger partial charge is 0.508 e. The Labute approximate surface area is 114 Å². The maximum Gasteiger partial charge on any atom is 0.338 e. The molecule has 1 aromatic rings. The molecular formula is C15H22O3. The van der Waals surface area contributed by atoms with Crippen LogP contribution < -0.4 is 0 Å². The quantitative estimate of drug-likeness (QED) is 0.565. The number of unbranched alkanes of at least 4 members (excludes halogenated alkanes) is 5. The van der Waals surface area contributed by atoms with E-state index in [-0.39, 0.29) is 6.61 Å². The average molecular weight is 254 g/mol. The number of phenols is 1. The van der Waals surface area contributed by atoms with Crippen LogP contribution in [0.5, 0.6) is 5.75 Å². The third-order valence-corrected chi connectivity index (χ3v) is 2.55. The van der Waals surface area contributed by atoms with Crippen LogP contribution in [0.25, 0.3) is 0 Å². The van der Waals surface area contributed by atoms with E-state index in [0.717, 1.165) is 19.3 Å². The number of rotatable bonds is 8. The Morgan fingerprint density at radius 3 is 2.44 bits per heavy atom. The fourth-order valence-corrected chi connectivity index (χ4v) is 1.53. The first-order chi connectivity index (χ1) is 10.4. The van der Waals surface area contributed by atoms with Crippen LogP contribution in [0.4, 0.5) is 0 Å². The van der Waals surface area contributed by atoms with Crippen LogP contribution in [0.3, 0.4) is 0 Å². The molecule has 1 aromatic carbocycles. The highest BCUT2D eigenvalue weighted by atomic mass is 16.5. The summed E-state index contributed by atoms with van der Waals surface area (Å²) in [5.74, 6) is -1.65. The minimum Gasteiger partial charge on any atom is -0.508 e. The van der Waals surface area contributed by atoms with Gasteiger partial charge in [-0.05, 0) is 30.6 Å². The second-order valence-electron chi connectivity index (χ2n) is 4.13. The van der Waals surface area contributed by atoms with Crippen molar-refractivity contribution in [1.82, 2.24) is 0 Å².